The number of halogens is 1. The Morgan fingerprint density at radius 3 is 2.27 bits per heavy atom. The molecule has 22 heavy (non-hydrogen) atoms. The lowest BCUT2D eigenvalue weighted by atomic mass is 9.83. The standard InChI is InChI=1S/C18H20ClNO2/c1-11-9-12(2)16(21)10-15(11)20-17(22)18(3,4)13-5-7-14(19)8-6-13/h5-10,21H,1-4H3,(H,20,22). The summed E-state index contributed by atoms with van der Waals surface area (Å²) >= 11 is 5.90. The average molecular weight is 318 g/mol. The highest BCUT2D eigenvalue weighted by Gasteiger charge is 2.30. The molecule has 3 nitrogen and oxygen atoms in total. The summed E-state index contributed by atoms with van der Waals surface area (Å²) in [6.07, 6.45) is 0. The summed E-state index contributed by atoms with van der Waals surface area (Å²) in [4.78, 5) is 12.6. The summed E-state index contributed by atoms with van der Waals surface area (Å²) < 4.78 is 0. The van der Waals surface area contributed by atoms with Crippen LogP contribution < -0.4 is 5.32 Å². The van der Waals surface area contributed by atoms with Crippen LogP contribution in [0.15, 0.2) is 36.4 Å². The van der Waals surface area contributed by atoms with Gasteiger partial charge < -0.3 is 10.4 Å². The molecule has 2 rings (SSSR count). The Morgan fingerprint density at radius 1 is 1.09 bits per heavy atom. The first-order valence-corrected chi connectivity index (χ1v) is 7.47. The van der Waals surface area contributed by atoms with E-state index in [0.717, 1.165) is 16.7 Å². The van der Waals surface area contributed by atoms with Crippen molar-refractivity contribution in [1.29, 1.82) is 0 Å². The Morgan fingerprint density at radius 2 is 1.68 bits per heavy atom. The molecule has 4 heteroatoms. The second-order valence-electron chi connectivity index (χ2n) is 6.04. The van der Waals surface area contributed by atoms with Gasteiger partial charge in [0.25, 0.3) is 0 Å². The summed E-state index contributed by atoms with van der Waals surface area (Å²) in [6, 6.07) is 10.7. The molecule has 2 aromatic carbocycles. The lowest BCUT2D eigenvalue weighted by molar-refractivity contribution is -0.120. The molecule has 0 bridgehead atoms. The van der Waals surface area contributed by atoms with Gasteiger partial charge >= 0.3 is 0 Å². The number of rotatable bonds is 3. The number of hydrogen-bond donors (Lipinski definition) is 2. The van der Waals surface area contributed by atoms with E-state index in [2.05, 4.69) is 5.32 Å². The van der Waals surface area contributed by atoms with Crippen molar-refractivity contribution in [2.24, 2.45) is 0 Å². The number of carbonyl (C=O) groups is 1. The van der Waals surface area contributed by atoms with Gasteiger partial charge in [-0.05, 0) is 56.5 Å². The van der Waals surface area contributed by atoms with Crippen molar-refractivity contribution >= 4 is 23.2 Å². The van der Waals surface area contributed by atoms with Crippen molar-refractivity contribution in [3.63, 3.8) is 0 Å². The van der Waals surface area contributed by atoms with E-state index in [4.69, 9.17) is 11.6 Å². The number of anilines is 1. The highest BCUT2D eigenvalue weighted by atomic mass is 35.5. The lowest BCUT2D eigenvalue weighted by Gasteiger charge is -2.25. The Bertz CT molecular complexity index is 706. The fourth-order valence-corrected chi connectivity index (χ4v) is 2.38. The second kappa shape index (κ2) is 6.01. The van der Waals surface area contributed by atoms with E-state index < -0.39 is 5.41 Å². The van der Waals surface area contributed by atoms with Crippen LogP contribution in [0.5, 0.6) is 5.75 Å². The van der Waals surface area contributed by atoms with E-state index in [1.54, 1.807) is 18.2 Å². The largest absolute Gasteiger partial charge is 0.508 e. The van der Waals surface area contributed by atoms with Crippen LogP contribution in [-0.2, 0) is 10.2 Å². The van der Waals surface area contributed by atoms with E-state index in [1.807, 2.05) is 45.9 Å². The maximum Gasteiger partial charge on any atom is 0.234 e. The molecule has 0 aromatic heterocycles. The minimum absolute atomic E-state index is 0.138. The van der Waals surface area contributed by atoms with E-state index >= 15 is 0 Å². The highest BCUT2D eigenvalue weighted by molar-refractivity contribution is 6.30. The second-order valence-corrected chi connectivity index (χ2v) is 6.48. The molecule has 1 amide bonds. The van der Waals surface area contributed by atoms with Gasteiger partial charge in [0.1, 0.15) is 5.75 Å². The highest BCUT2D eigenvalue weighted by Crippen LogP contribution is 2.29. The number of hydrogen-bond acceptors (Lipinski definition) is 2. The minimum Gasteiger partial charge on any atom is -0.508 e. The molecule has 2 N–H and O–H groups in total. The minimum atomic E-state index is -0.711. The normalized spacial score (nSPS) is 11.3. The molecule has 0 heterocycles. The number of benzene rings is 2. The van der Waals surface area contributed by atoms with E-state index in [-0.39, 0.29) is 11.7 Å². The van der Waals surface area contributed by atoms with Gasteiger partial charge in [-0.3, -0.25) is 4.79 Å². The van der Waals surface area contributed by atoms with Crippen molar-refractivity contribution in [2.75, 3.05) is 5.32 Å². The maximum absolute atomic E-state index is 12.6. The zero-order valence-electron chi connectivity index (χ0n) is 13.2. The first-order chi connectivity index (χ1) is 10.2. The van der Waals surface area contributed by atoms with Crippen molar-refractivity contribution in [2.45, 2.75) is 33.1 Å². The Hall–Kier alpha value is -2.00. The number of nitrogens with one attached hydrogen (secondary N) is 1. The van der Waals surface area contributed by atoms with Gasteiger partial charge in [-0.2, -0.15) is 0 Å². The van der Waals surface area contributed by atoms with Gasteiger partial charge in [0, 0.05) is 16.8 Å². The lowest BCUT2D eigenvalue weighted by Crippen LogP contribution is -2.34. The number of phenols is 1. The molecule has 0 spiro atoms. The number of aromatic hydroxyl groups is 1. The number of aryl methyl sites for hydroxylation is 2. The van der Waals surface area contributed by atoms with Crippen LogP contribution in [0.1, 0.15) is 30.5 Å². The first kappa shape index (κ1) is 16.4. The number of amides is 1. The number of phenolic OH excluding ortho intramolecular Hbond substituents is 1. The van der Waals surface area contributed by atoms with Crippen LogP contribution in [0.3, 0.4) is 0 Å². The third-order valence-electron chi connectivity index (χ3n) is 3.92. The molecular formula is C18H20ClNO2. The quantitative estimate of drug-likeness (QED) is 0.870. The predicted molar refractivity (Wildman–Crippen MR) is 90.7 cm³/mol. The number of carbonyl (C=O) groups excluding carboxylic acids is 1. The molecule has 0 atom stereocenters. The Kier molecular flexibility index (Phi) is 4.47. The molecule has 0 fully saturated rings. The monoisotopic (exact) mass is 317 g/mol. The summed E-state index contributed by atoms with van der Waals surface area (Å²) in [5.41, 5.74) is 2.49. The fourth-order valence-electron chi connectivity index (χ4n) is 2.25. The SMILES string of the molecule is Cc1cc(C)c(NC(=O)C(C)(C)c2ccc(Cl)cc2)cc1O. The molecule has 0 radical (unpaired) electrons. The molecule has 0 aliphatic rings. The van der Waals surface area contributed by atoms with Gasteiger partial charge in [-0.25, -0.2) is 0 Å². The molecule has 0 saturated carbocycles. The van der Waals surface area contributed by atoms with Gasteiger partial charge in [-0.1, -0.05) is 29.8 Å². The molecule has 0 saturated heterocycles. The van der Waals surface area contributed by atoms with E-state index in [0.29, 0.717) is 10.7 Å². The fraction of sp³-hybridized carbons (Fsp3) is 0.278. The van der Waals surface area contributed by atoms with Gasteiger partial charge in [0.15, 0.2) is 0 Å². The molecule has 116 valence electrons. The Balaban J connectivity index is 2.28. The third kappa shape index (κ3) is 3.25. The van der Waals surface area contributed by atoms with Crippen LogP contribution >= 0.6 is 11.6 Å². The molecule has 2 aromatic rings. The molecule has 0 aliphatic carbocycles. The van der Waals surface area contributed by atoms with Gasteiger partial charge in [0.05, 0.1) is 5.41 Å². The zero-order valence-corrected chi connectivity index (χ0v) is 14.0. The van der Waals surface area contributed by atoms with Crippen molar-refractivity contribution in [3.8, 4) is 5.75 Å². The predicted octanol–water partition coefficient (Wildman–Crippen LogP) is 4.58. The summed E-state index contributed by atoms with van der Waals surface area (Å²) in [5, 5.41) is 13.4. The summed E-state index contributed by atoms with van der Waals surface area (Å²) in [7, 11) is 0. The van der Waals surface area contributed by atoms with Crippen molar-refractivity contribution in [1.82, 2.24) is 0 Å². The van der Waals surface area contributed by atoms with Crippen LogP contribution in [0.2, 0.25) is 5.02 Å². The zero-order chi connectivity index (χ0) is 16.5. The molecule has 0 aliphatic heterocycles. The van der Waals surface area contributed by atoms with E-state index in [1.165, 1.54) is 0 Å². The van der Waals surface area contributed by atoms with Crippen LogP contribution in [0, 0.1) is 13.8 Å². The van der Waals surface area contributed by atoms with Crippen LogP contribution in [-0.4, -0.2) is 11.0 Å². The molecular weight excluding hydrogens is 298 g/mol. The van der Waals surface area contributed by atoms with Crippen molar-refractivity contribution in [3.05, 3.63) is 58.1 Å². The van der Waals surface area contributed by atoms with Gasteiger partial charge in [-0.15, -0.1) is 0 Å². The van der Waals surface area contributed by atoms with Crippen LogP contribution in [0.4, 0.5) is 5.69 Å². The topological polar surface area (TPSA) is 49.3 Å². The van der Waals surface area contributed by atoms with Gasteiger partial charge in [0.2, 0.25) is 5.91 Å². The van der Waals surface area contributed by atoms with E-state index in [9.17, 15) is 9.90 Å². The summed E-state index contributed by atoms with van der Waals surface area (Å²) in [6.45, 7) is 7.44. The molecule has 0 unspecified atom stereocenters. The average Bonchev–Trinajstić information content (AvgIpc) is 2.45. The third-order valence-corrected chi connectivity index (χ3v) is 4.18. The smallest absolute Gasteiger partial charge is 0.234 e. The summed E-state index contributed by atoms with van der Waals surface area (Å²) in [5.74, 6) is 0.0337. The van der Waals surface area contributed by atoms with Crippen LogP contribution in [0.25, 0.3) is 0 Å². The first-order valence-electron chi connectivity index (χ1n) is 7.09. The Labute approximate surface area is 135 Å². The maximum atomic E-state index is 12.6. The van der Waals surface area contributed by atoms with Crippen molar-refractivity contribution < 1.29 is 9.90 Å².